The van der Waals surface area contributed by atoms with Crippen LogP contribution in [-0.2, 0) is 0 Å². The highest BCUT2D eigenvalue weighted by atomic mass is 16.3. The summed E-state index contributed by atoms with van der Waals surface area (Å²) < 4.78 is 6.53. The zero-order valence-electron chi connectivity index (χ0n) is 34.0. The monoisotopic (exact) mass is 791 g/mol. The number of furan rings is 1. The van der Waals surface area contributed by atoms with Gasteiger partial charge in [-0.25, -0.2) is 0 Å². The van der Waals surface area contributed by atoms with E-state index >= 15 is 0 Å². The highest BCUT2D eigenvalue weighted by molar-refractivity contribution is 6.06. The molecule has 11 aromatic rings. The lowest BCUT2D eigenvalue weighted by atomic mass is 9.86. The van der Waals surface area contributed by atoms with Gasteiger partial charge in [0.1, 0.15) is 11.2 Å². The predicted octanol–water partition coefficient (Wildman–Crippen LogP) is 17.1. The van der Waals surface area contributed by atoms with Crippen molar-refractivity contribution in [3.05, 3.63) is 249 Å². The molecule has 0 amide bonds. The maximum Gasteiger partial charge on any atom is 0.137 e. The van der Waals surface area contributed by atoms with Crippen molar-refractivity contribution in [3.8, 4) is 66.8 Å². The molecule has 10 aromatic carbocycles. The Hall–Kier alpha value is -8.20. The van der Waals surface area contributed by atoms with E-state index in [1.165, 1.54) is 38.9 Å². The molecule has 2 heteroatoms. The van der Waals surface area contributed by atoms with Gasteiger partial charge >= 0.3 is 0 Å². The molecule has 0 atom stereocenters. The Balaban J connectivity index is 1.12. The van der Waals surface area contributed by atoms with Crippen LogP contribution in [-0.4, -0.2) is 0 Å². The lowest BCUT2D eigenvalue weighted by Gasteiger charge is -2.28. The zero-order valence-corrected chi connectivity index (χ0v) is 34.0. The van der Waals surface area contributed by atoms with Crippen LogP contribution in [0, 0.1) is 0 Å². The fraction of sp³-hybridized carbons (Fsp3) is 0. The molecular weight excluding hydrogens is 751 g/mol. The number of rotatable bonds is 9. The van der Waals surface area contributed by atoms with Gasteiger partial charge in [-0.15, -0.1) is 0 Å². The first-order valence-corrected chi connectivity index (χ1v) is 21.2. The molecule has 0 unspecified atom stereocenters. The van der Waals surface area contributed by atoms with Crippen molar-refractivity contribution in [1.82, 2.24) is 0 Å². The van der Waals surface area contributed by atoms with E-state index in [2.05, 4.69) is 241 Å². The number of benzene rings is 10. The number of fused-ring (bicyclic) bond motifs is 3. The van der Waals surface area contributed by atoms with Crippen LogP contribution >= 0.6 is 0 Å². The average Bonchev–Trinajstić information content (AvgIpc) is 3.73. The van der Waals surface area contributed by atoms with Gasteiger partial charge in [0.05, 0.1) is 0 Å². The first-order valence-electron chi connectivity index (χ1n) is 21.2. The van der Waals surface area contributed by atoms with Crippen molar-refractivity contribution in [2.45, 2.75) is 0 Å². The third kappa shape index (κ3) is 6.84. The summed E-state index contributed by atoms with van der Waals surface area (Å²) in [5.74, 6) is 0. The second-order valence-corrected chi connectivity index (χ2v) is 15.6. The van der Waals surface area contributed by atoms with Crippen molar-refractivity contribution >= 4 is 39.0 Å². The van der Waals surface area contributed by atoms with Crippen molar-refractivity contribution in [2.75, 3.05) is 4.90 Å². The molecule has 0 radical (unpaired) electrons. The van der Waals surface area contributed by atoms with Crippen LogP contribution in [0.3, 0.4) is 0 Å². The standard InChI is InChI=1S/C60H41NO/c1-5-19-42(20-6-1)50-27-13-15-29-52(50)53-30-16-14-28-51(53)45-33-35-47(36-34-45)61(48-37-38-55-54-31-17-18-32-58(54)62-59(55)41-48)49-39-56(43-21-7-2-8-22-43)60(46-25-11-4-12-26-46)57(40-49)44-23-9-3-10-24-44/h1-41H. The molecule has 62 heavy (non-hydrogen) atoms. The van der Waals surface area contributed by atoms with E-state index in [-0.39, 0.29) is 0 Å². The third-order valence-corrected chi connectivity index (χ3v) is 11.9. The summed E-state index contributed by atoms with van der Waals surface area (Å²) in [7, 11) is 0. The molecule has 0 N–H and O–H groups in total. The van der Waals surface area contributed by atoms with Crippen LogP contribution in [0.2, 0.25) is 0 Å². The third-order valence-electron chi connectivity index (χ3n) is 11.9. The Morgan fingerprint density at radius 2 is 0.645 bits per heavy atom. The van der Waals surface area contributed by atoms with E-state index in [0.717, 1.165) is 66.8 Å². The molecule has 0 bridgehead atoms. The molecule has 11 rings (SSSR count). The topological polar surface area (TPSA) is 16.4 Å². The van der Waals surface area contributed by atoms with Crippen LogP contribution < -0.4 is 4.90 Å². The first-order chi connectivity index (χ1) is 30.8. The van der Waals surface area contributed by atoms with Crippen LogP contribution in [0.1, 0.15) is 0 Å². The SMILES string of the molecule is c1ccc(-c2ccccc2-c2ccccc2-c2ccc(N(c3cc(-c4ccccc4)c(-c4ccccc4)c(-c4ccccc4)c3)c3ccc4c(c3)oc3ccccc34)cc2)cc1. The fourth-order valence-corrected chi connectivity index (χ4v) is 9.01. The quantitative estimate of drug-likeness (QED) is 0.145. The fourth-order valence-electron chi connectivity index (χ4n) is 9.01. The first kappa shape index (κ1) is 36.8. The lowest BCUT2D eigenvalue weighted by molar-refractivity contribution is 0.669. The Morgan fingerprint density at radius 1 is 0.242 bits per heavy atom. The van der Waals surface area contributed by atoms with Gasteiger partial charge in [-0.1, -0.05) is 200 Å². The molecule has 0 aliphatic carbocycles. The zero-order chi connectivity index (χ0) is 41.2. The molecule has 2 nitrogen and oxygen atoms in total. The van der Waals surface area contributed by atoms with E-state index in [9.17, 15) is 0 Å². The van der Waals surface area contributed by atoms with Gasteiger partial charge in [0.2, 0.25) is 0 Å². The van der Waals surface area contributed by atoms with Crippen LogP contribution in [0.4, 0.5) is 17.1 Å². The predicted molar refractivity (Wildman–Crippen MR) is 261 cm³/mol. The van der Waals surface area contributed by atoms with Crippen molar-refractivity contribution < 1.29 is 4.42 Å². The normalized spacial score (nSPS) is 11.2. The van der Waals surface area contributed by atoms with E-state index in [1.807, 2.05) is 12.1 Å². The number of para-hydroxylation sites is 1. The van der Waals surface area contributed by atoms with Crippen molar-refractivity contribution in [3.63, 3.8) is 0 Å². The second-order valence-electron chi connectivity index (χ2n) is 15.6. The molecule has 1 heterocycles. The number of hydrogen-bond donors (Lipinski definition) is 0. The van der Waals surface area contributed by atoms with Crippen molar-refractivity contribution in [2.24, 2.45) is 0 Å². The smallest absolute Gasteiger partial charge is 0.137 e. The molecule has 292 valence electrons. The summed E-state index contributed by atoms with van der Waals surface area (Å²) in [6.07, 6.45) is 0. The summed E-state index contributed by atoms with van der Waals surface area (Å²) in [4.78, 5) is 2.38. The molecule has 0 saturated carbocycles. The highest BCUT2D eigenvalue weighted by Gasteiger charge is 2.22. The minimum Gasteiger partial charge on any atom is -0.456 e. The summed E-state index contributed by atoms with van der Waals surface area (Å²) >= 11 is 0. The van der Waals surface area contributed by atoms with Gasteiger partial charge < -0.3 is 9.32 Å². The Kier molecular flexibility index (Phi) is 9.57. The Bertz CT molecular complexity index is 3260. The maximum absolute atomic E-state index is 6.53. The van der Waals surface area contributed by atoms with Gasteiger partial charge in [0.15, 0.2) is 0 Å². The van der Waals surface area contributed by atoms with Crippen LogP contribution in [0.5, 0.6) is 0 Å². The highest BCUT2D eigenvalue weighted by Crippen LogP contribution is 2.47. The molecular formula is C60H41NO. The van der Waals surface area contributed by atoms with Gasteiger partial charge in [0, 0.05) is 33.9 Å². The van der Waals surface area contributed by atoms with Gasteiger partial charge in [-0.2, -0.15) is 0 Å². The maximum atomic E-state index is 6.53. The Morgan fingerprint density at radius 3 is 1.19 bits per heavy atom. The van der Waals surface area contributed by atoms with Gasteiger partial charge in [-0.05, 0) is 109 Å². The molecule has 0 aliphatic heterocycles. The second kappa shape index (κ2) is 16.1. The summed E-state index contributed by atoms with van der Waals surface area (Å²) in [5.41, 5.74) is 19.0. The minimum absolute atomic E-state index is 0.851. The van der Waals surface area contributed by atoms with Crippen LogP contribution in [0.25, 0.3) is 88.7 Å². The van der Waals surface area contributed by atoms with E-state index < -0.39 is 0 Å². The molecule has 1 aromatic heterocycles. The van der Waals surface area contributed by atoms with Crippen LogP contribution in [0.15, 0.2) is 253 Å². The largest absolute Gasteiger partial charge is 0.456 e. The number of anilines is 3. The van der Waals surface area contributed by atoms with Gasteiger partial charge in [0.25, 0.3) is 0 Å². The van der Waals surface area contributed by atoms with E-state index in [1.54, 1.807) is 0 Å². The lowest BCUT2D eigenvalue weighted by Crippen LogP contribution is -2.11. The van der Waals surface area contributed by atoms with Crippen molar-refractivity contribution in [1.29, 1.82) is 0 Å². The molecule has 0 fully saturated rings. The summed E-state index contributed by atoms with van der Waals surface area (Å²) in [5, 5.41) is 2.21. The molecule has 0 spiro atoms. The molecule has 0 aliphatic rings. The van der Waals surface area contributed by atoms with E-state index in [4.69, 9.17) is 4.42 Å². The summed E-state index contributed by atoms with van der Waals surface area (Å²) in [6, 6.07) is 89.1. The molecule has 0 saturated heterocycles. The van der Waals surface area contributed by atoms with E-state index in [0.29, 0.717) is 0 Å². The number of nitrogens with zero attached hydrogens (tertiary/aromatic N) is 1. The summed E-state index contributed by atoms with van der Waals surface area (Å²) in [6.45, 7) is 0. The number of hydrogen-bond acceptors (Lipinski definition) is 2. The minimum atomic E-state index is 0.851. The van der Waals surface area contributed by atoms with Gasteiger partial charge in [-0.3, -0.25) is 0 Å². The Labute approximate surface area is 362 Å². The average molecular weight is 792 g/mol.